The summed E-state index contributed by atoms with van der Waals surface area (Å²) in [5.74, 6) is -1.51. The van der Waals surface area contributed by atoms with Crippen molar-refractivity contribution in [1.82, 2.24) is 10.6 Å². The summed E-state index contributed by atoms with van der Waals surface area (Å²) in [5, 5.41) is 5.76. The molecule has 2 atom stereocenters. The number of halogens is 1. The summed E-state index contributed by atoms with van der Waals surface area (Å²) in [4.78, 5) is 35.2. The van der Waals surface area contributed by atoms with Crippen molar-refractivity contribution in [3.63, 3.8) is 0 Å². The van der Waals surface area contributed by atoms with Crippen LogP contribution in [0.3, 0.4) is 0 Å². The summed E-state index contributed by atoms with van der Waals surface area (Å²) in [6.07, 6.45) is 0.253. The molecule has 0 unspecified atom stereocenters. The Kier molecular flexibility index (Phi) is 7.03. The Morgan fingerprint density at radius 1 is 1.13 bits per heavy atom. The number of benzene rings is 1. The summed E-state index contributed by atoms with van der Waals surface area (Å²) in [6.45, 7) is 4.94. The number of carbonyl (C=O) groups excluding carboxylic acids is 3. The molecule has 0 bridgehead atoms. The number of nitrogens with two attached hydrogens (primary N) is 1. The van der Waals surface area contributed by atoms with Crippen LogP contribution in [-0.2, 0) is 20.8 Å². The van der Waals surface area contributed by atoms with Crippen LogP contribution in [0.4, 0.5) is 0 Å². The molecule has 126 valence electrons. The summed E-state index contributed by atoms with van der Waals surface area (Å²) in [7, 11) is 0. The number of carbonyl (C=O) groups is 3. The number of nitrogens with one attached hydrogen (secondary N) is 2. The summed E-state index contributed by atoms with van der Waals surface area (Å²) < 4.78 is 0. The van der Waals surface area contributed by atoms with E-state index < -0.39 is 23.9 Å². The molecule has 0 heterocycles. The van der Waals surface area contributed by atoms with E-state index in [0.717, 1.165) is 5.56 Å². The van der Waals surface area contributed by atoms with Gasteiger partial charge in [0.1, 0.15) is 12.1 Å². The van der Waals surface area contributed by atoms with E-state index in [1.165, 1.54) is 6.92 Å². The Balaban J connectivity index is 2.81. The summed E-state index contributed by atoms with van der Waals surface area (Å²) in [5.41, 5.74) is 6.19. The zero-order valence-electron chi connectivity index (χ0n) is 13.4. The molecule has 0 aliphatic carbocycles. The zero-order chi connectivity index (χ0) is 17.6. The van der Waals surface area contributed by atoms with Crippen LogP contribution in [0.2, 0.25) is 5.02 Å². The van der Waals surface area contributed by atoms with Crippen LogP contribution in [0, 0.1) is 5.92 Å². The number of rotatable bonds is 7. The van der Waals surface area contributed by atoms with Crippen molar-refractivity contribution in [3.8, 4) is 0 Å². The minimum absolute atomic E-state index is 0.122. The van der Waals surface area contributed by atoms with Crippen LogP contribution < -0.4 is 16.4 Å². The third-order valence-corrected chi connectivity index (χ3v) is 3.57. The standard InChI is InChI=1S/C16H22ClN3O3/c1-9(2)14(19-10(3)21)16(23)20-13(15(18)22)8-11-4-6-12(17)7-5-11/h4-7,9,13-14H,8H2,1-3H3,(H2,18,22)(H,19,21)(H,20,23)/t13-,14+/m0/s1. The van der Waals surface area contributed by atoms with Crippen molar-refractivity contribution in [2.75, 3.05) is 0 Å². The van der Waals surface area contributed by atoms with Crippen LogP contribution in [0.25, 0.3) is 0 Å². The molecular weight excluding hydrogens is 318 g/mol. The van der Waals surface area contributed by atoms with E-state index in [-0.39, 0.29) is 18.2 Å². The van der Waals surface area contributed by atoms with Crippen molar-refractivity contribution >= 4 is 29.3 Å². The lowest BCUT2D eigenvalue weighted by atomic mass is 10.0. The van der Waals surface area contributed by atoms with Crippen molar-refractivity contribution in [3.05, 3.63) is 34.9 Å². The average Bonchev–Trinajstić information content (AvgIpc) is 2.45. The first-order chi connectivity index (χ1) is 10.7. The van der Waals surface area contributed by atoms with Gasteiger partial charge in [-0.1, -0.05) is 37.6 Å². The van der Waals surface area contributed by atoms with E-state index in [4.69, 9.17) is 17.3 Å². The van der Waals surface area contributed by atoms with Gasteiger partial charge in [0, 0.05) is 18.4 Å². The predicted molar refractivity (Wildman–Crippen MR) is 88.7 cm³/mol. The molecule has 1 aromatic rings. The summed E-state index contributed by atoms with van der Waals surface area (Å²) in [6, 6.07) is 5.34. The Hall–Kier alpha value is -2.08. The molecule has 0 aliphatic heterocycles. The molecular formula is C16H22ClN3O3. The van der Waals surface area contributed by atoms with Gasteiger partial charge >= 0.3 is 0 Å². The molecule has 23 heavy (non-hydrogen) atoms. The molecule has 0 aliphatic rings. The highest BCUT2D eigenvalue weighted by molar-refractivity contribution is 6.30. The second-order valence-electron chi connectivity index (χ2n) is 5.72. The van der Waals surface area contributed by atoms with Crippen LogP contribution in [0.15, 0.2) is 24.3 Å². The molecule has 0 radical (unpaired) electrons. The van der Waals surface area contributed by atoms with Crippen LogP contribution in [0.1, 0.15) is 26.3 Å². The fraction of sp³-hybridized carbons (Fsp3) is 0.438. The van der Waals surface area contributed by atoms with Gasteiger partial charge in [-0.15, -0.1) is 0 Å². The highest BCUT2D eigenvalue weighted by Crippen LogP contribution is 2.11. The van der Waals surface area contributed by atoms with Gasteiger partial charge in [0.2, 0.25) is 17.7 Å². The van der Waals surface area contributed by atoms with Crippen molar-refractivity contribution in [2.24, 2.45) is 11.7 Å². The fourth-order valence-electron chi connectivity index (χ4n) is 2.09. The molecule has 0 saturated carbocycles. The molecule has 0 spiro atoms. The van der Waals surface area contributed by atoms with E-state index in [1.54, 1.807) is 38.1 Å². The van der Waals surface area contributed by atoms with Crippen molar-refractivity contribution < 1.29 is 14.4 Å². The van der Waals surface area contributed by atoms with Crippen LogP contribution in [0.5, 0.6) is 0 Å². The van der Waals surface area contributed by atoms with E-state index in [0.29, 0.717) is 5.02 Å². The number of primary amides is 1. The molecule has 0 saturated heterocycles. The lowest BCUT2D eigenvalue weighted by molar-refractivity contribution is -0.131. The summed E-state index contributed by atoms with van der Waals surface area (Å²) >= 11 is 5.82. The van der Waals surface area contributed by atoms with Gasteiger partial charge in [-0.25, -0.2) is 0 Å². The maximum atomic E-state index is 12.3. The number of hydrogen-bond donors (Lipinski definition) is 3. The zero-order valence-corrected chi connectivity index (χ0v) is 14.2. The minimum Gasteiger partial charge on any atom is -0.368 e. The first-order valence-corrected chi connectivity index (χ1v) is 7.69. The first kappa shape index (κ1) is 19.0. The Bertz CT molecular complexity index is 572. The highest BCUT2D eigenvalue weighted by atomic mass is 35.5. The smallest absolute Gasteiger partial charge is 0.243 e. The molecule has 7 heteroatoms. The van der Waals surface area contributed by atoms with E-state index in [2.05, 4.69) is 10.6 Å². The molecule has 4 N–H and O–H groups in total. The normalized spacial score (nSPS) is 13.3. The number of hydrogen-bond acceptors (Lipinski definition) is 3. The Morgan fingerprint density at radius 3 is 2.13 bits per heavy atom. The van der Waals surface area contributed by atoms with Gasteiger partial charge in [0.25, 0.3) is 0 Å². The Labute approximate surface area is 140 Å². The van der Waals surface area contributed by atoms with Crippen LogP contribution >= 0.6 is 11.6 Å². The molecule has 6 nitrogen and oxygen atoms in total. The molecule has 1 aromatic carbocycles. The quantitative estimate of drug-likeness (QED) is 0.691. The average molecular weight is 340 g/mol. The largest absolute Gasteiger partial charge is 0.368 e. The number of amides is 3. The molecule has 0 aromatic heterocycles. The van der Waals surface area contributed by atoms with Gasteiger partial charge in [-0.2, -0.15) is 0 Å². The third-order valence-electron chi connectivity index (χ3n) is 3.32. The highest BCUT2D eigenvalue weighted by Gasteiger charge is 2.27. The van der Waals surface area contributed by atoms with Gasteiger partial charge in [-0.3, -0.25) is 14.4 Å². The second kappa shape index (κ2) is 8.53. The third kappa shape index (κ3) is 6.28. The molecule has 1 rings (SSSR count). The monoisotopic (exact) mass is 339 g/mol. The Morgan fingerprint density at radius 2 is 1.70 bits per heavy atom. The maximum absolute atomic E-state index is 12.3. The maximum Gasteiger partial charge on any atom is 0.243 e. The lowest BCUT2D eigenvalue weighted by Gasteiger charge is -2.24. The van der Waals surface area contributed by atoms with E-state index in [1.807, 2.05) is 0 Å². The fourth-order valence-corrected chi connectivity index (χ4v) is 2.22. The van der Waals surface area contributed by atoms with Crippen molar-refractivity contribution in [2.45, 2.75) is 39.3 Å². The molecule has 0 fully saturated rings. The molecule has 3 amide bonds. The first-order valence-electron chi connectivity index (χ1n) is 7.32. The lowest BCUT2D eigenvalue weighted by Crippen LogP contribution is -2.55. The predicted octanol–water partition coefficient (Wildman–Crippen LogP) is 1.01. The van der Waals surface area contributed by atoms with Gasteiger partial charge < -0.3 is 16.4 Å². The van der Waals surface area contributed by atoms with Gasteiger partial charge in [-0.05, 0) is 23.6 Å². The SMILES string of the molecule is CC(=O)N[C@@H](C(=O)N[C@@H](Cc1ccc(Cl)cc1)C(N)=O)C(C)C. The second-order valence-corrected chi connectivity index (χ2v) is 6.15. The van der Waals surface area contributed by atoms with E-state index in [9.17, 15) is 14.4 Å². The van der Waals surface area contributed by atoms with Gasteiger partial charge in [0.15, 0.2) is 0 Å². The van der Waals surface area contributed by atoms with Crippen LogP contribution in [-0.4, -0.2) is 29.8 Å². The topological polar surface area (TPSA) is 101 Å². The minimum atomic E-state index is -0.862. The van der Waals surface area contributed by atoms with Crippen molar-refractivity contribution in [1.29, 1.82) is 0 Å². The van der Waals surface area contributed by atoms with Gasteiger partial charge in [0.05, 0.1) is 0 Å². The van der Waals surface area contributed by atoms with E-state index >= 15 is 0 Å².